The third kappa shape index (κ3) is 2.27. The third-order valence-electron chi connectivity index (χ3n) is 9.19. The molecule has 0 aliphatic heterocycles. The summed E-state index contributed by atoms with van der Waals surface area (Å²) in [6.07, 6.45) is 9.47. The number of halogens is 2. The summed E-state index contributed by atoms with van der Waals surface area (Å²) >= 11 is 0. The van der Waals surface area contributed by atoms with Crippen molar-refractivity contribution in [2.75, 3.05) is 0 Å². The molecular weight excluding hydrogens is 332 g/mol. The van der Waals surface area contributed by atoms with Gasteiger partial charge in [0, 0.05) is 17.7 Å². The van der Waals surface area contributed by atoms with Crippen LogP contribution in [0.15, 0.2) is 11.6 Å². The molecule has 4 heteroatoms. The molecule has 26 heavy (non-hydrogen) atoms. The fraction of sp³-hybridized carbons (Fsp3) is 0.909. The number of hydrogen-bond acceptors (Lipinski definition) is 2. The largest absolute Gasteiger partial charge is 0.386 e. The maximum Gasteiger partial charge on any atom is 0.295 e. The van der Waals surface area contributed by atoms with Gasteiger partial charge >= 0.3 is 0 Å². The Bertz CT molecular complexity index is 630. The maximum atomic E-state index is 14.8. The number of fused-ring (bicyclic) bond motifs is 5. The molecule has 0 aromatic carbocycles. The van der Waals surface area contributed by atoms with Gasteiger partial charge in [-0.15, -0.1) is 0 Å². The van der Waals surface area contributed by atoms with Crippen LogP contribution in [0.2, 0.25) is 0 Å². The molecule has 0 saturated heterocycles. The van der Waals surface area contributed by atoms with Crippen LogP contribution in [0.4, 0.5) is 8.78 Å². The molecule has 0 aromatic heterocycles. The lowest BCUT2D eigenvalue weighted by molar-refractivity contribution is -0.141. The number of nitrogens with one attached hydrogen (secondary N) is 1. The van der Waals surface area contributed by atoms with Gasteiger partial charge in [-0.3, -0.25) is 0 Å². The van der Waals surface area contributed by atoms with Crippen LogP contribution in [-0.4, -0.2) is 29.2 Å². The predicted octanol–water partition coefficient (Wildman–Crippen LogP) is 4.68. The van der Waals surface area contributed by atoms with Crippen LogP contribution >= 0.6 is 0 Å². The Morgan fingerprint density at radius 1 is 1.00 bits per heavy atom. The summed E-state index contributed by atoms with van der Waals surface area (Å²) in [7, 11) is 0. The lowest BCUT2D eigenvalue weighted by atomic mass is 9.47. The summed E-state index contributed by atoms with van der Waals surface area (Å²) < 4.78 is 29.5. The van der Waals surface area contributed by atoms with E-state index in [9.17, 15) is 13.9 Å². The van der Waals surface area contributed by atoms with Crippen molar-refractivity contribution in [1.82, 2.24) is 5.32 Å². The van der Waals surface area contributed by atoms with Crippen molar-refractivity contribution in [2.24, 2.45) is 28.6 Å². The van der Waals surface area contributed by atoms with Gasteiger partial charge < -0.3 is 10.4 Å². The summed E-state index contributed by atoms with van der Waals surface area (Å²) in [5.41, 5.74) is 0.177. The van der Waals surface area contributed by atoms with Gasteiger partial charge in [-0.25, -0.2) is 0 Å². The Labute approximate surface area is 155 Å². The smallest absolute Gasteiger partial charge is 0.295 e. The molecule has 4 fully saturated rings. The van der Waals surface area contributed by atoms with E-state index >= 15 is 0 Å². The molecule has 0 heterocycles. The molecule has 5 aliphatic carbocycles. The first-order valence-corrected chi connectivity index (χ1v) is 10.8. The Morgan fingerprint density at radius 2 is 1.77 bits per heavy atom. The molecule has 5 aliphatic rings. The molecule has 7 atom stereocenters. The molecule has 0 radical (unpaired) electrons. The first kappa shape index (κ1) is 17.6. The topological polar surface area (TPSA) is 32.3 Å². The van der Waals surface area contributed by atoms with E-state index in [4.69, 9.17) is 0 Å². The van der Waals surface area contributed by atoms with Crippen LogP contribution in [0.5, 0.6) is 0 Å². The average molecular weight is 366 g/mol. The highest BCUT2D eigenvalue weighted by Crippen LogP contribution is 2.66. The second-order valence-electron chi connectivity index (χ2n) is 10.4. The van der Waals surface area contributed by atoms with E-state index in [0.717, 1.165) is 18.9 Å². The highest BCUT2D eigenvalue weighted by molar-refractivity contribution is 5.32. The van der Waals surface area contributed by atoms with Crippen molar-refractivity contribution in [3.63, 3.8) is 0 Å². The maximum absolute atomic E-state index is 14.8. The van der Waals surface area contributed by atoms with Crippen molar-refractivity contribution in [3.8, 4) is 0 Å². The number of alkyl halides is 2. The van der Waals surface area contributed by atoms with E-state index in [0.29, 0.717) is 35.6 Å². The number of hydrogen-bond donors (Lipinski definition) is 2. The number of allylic oxidation sites excluding steroid dienone is 1. The first-order valence-electron chi connectivity index (χ1n) is 10.8. The Hall–Kier alpha value is -0.480. The van der Waals surface area contributed by atoms with Gasteiger partial charge in [0.05, 0.1) is 0 Å². The minimum Gasteiger partial charge on any atom is -0.386 e. The minimum absolute atomic E-state index is 0.234. The molecular formula is C22H33F2NO. The van der Waals surface area contributed by atoms with Crippen molar-refractivity contribution < 1.29 is 13.9 Å². The Morgan fingerprint density at radius 3 is 2.50 bits per heavy atom. The predicted molar refractivity (Wildman–Crippen MR) is 98.0 cm³/mol. The number of aliphatic hydroxyl groups is 1. The van der Waals surface area contributed by atoms with Crippen LogP contribution < -0.4 is 5.32 Å². The summed E-state index contributed by atoms with van der Waals surface area (Å²) in [6.45, 7) is 4.55. The fourth-order valence-corrected chi connectivity index (χ4v) is 7.54. The van der Waals surface area contributed by atoms with Crippen molar-refractivity contribution in [3.05, 3.63) is 11.6 Å². The van der Waals surface area contributed by atoms with Crippen LogP contribution in [0.3, 0.4) is 0 Å². The van der Waals surface area contributed by atoms with Crippen molar-refractivity contribution in [1.29, 1.82) is 0 Å². The fourth-order valence-electron chi connectivity index (χ4n) is 7.54. The van der Waals surface area contributed by atoms with Crippen LogP contribution in [-0.2, 0) is 0 Å². The Balaban J connectivity index is 1.46. The third-order valence-corrected chi connectivity index (χ3v) is 9.19. The van der Waals surface area contributed by atoms with Gasteiger partial charge in [-0.05, 0) is 86.4 Å². The first-order chi connectivity index (χ1) is 12.3. The molecule has 0 amide bonds. The lowest BCUT2D eigenvalue weighted by Crippen LogP contribution is -2.57. The molecule has 5 rings (SSSR count). The molecule has 2 N–H and O–H groups in total. The molecule has 2 nitrogen and oxygen atoms in total. The molecule has 0 spiro atoms. The van der Waals surface area contributed by atoms with Crippen LogP contribution in [0.1, 0.15) is 71.6 Å². The SMILES string of the molecule is C[C@]12CCC(O)C(F)(F)C1=CC[C@@H]1[C@H]2CC[C@]2(C)C(NC3CC3)CC[C@@H]12. The summed E-state index contributed by atoms with van der Waals surface area (Å²) in [5.74, 6) is -1.48. The minimum atomic E-state index is -3.04. The molecule has 4 saturated carbocycles. The lowest BCUT2D eigenvalue weighted by Gasteiger charge is -2.59. The van der Waals surface area contributed by atoms with E-state index in [1.54, 1.807) is 0 Å². The average Bonchev–Trinajstić information content (AvgIpc) is 3.34. The van der Waals surface area contributed by atoms with Gasteiger partial charge in [-0.1, -0.05) is 19.9 Å². The second kappa shape index (κ2) is 5.53. The quantitative estimate of drug-likeness (QED) is 0.697. The second-order valence-corrected chi connectivity index (χ2v) is 10.4. The monoisotopic (exact) mass is 365 g/mol. The normalized spacial score (nSPS) is 52.7. The zero-order valence-corrected chi connectivity index (χ0v) is 16.1. The van der Waals surface area contributed by atoms with Crippen LogP contribution in [0, 0.1) is 28.6 Å². The summed E-state index contributed by atoms with van der Waals surface area (Å²) in [6, 6.07) is 1.36. The standard InChI is InChI=1S/C22H33F2NO/c1-20-12-10-19(26)22(23,24)17(20)7-5-14-15-6-8-18(25-13-3-4-13)21(15,2)11-9-16(14)20/h7,13-16,18-19,25-26H,3-6,8-12H2,1-2H3/t14-,15-,16+,18?,19?,20+,21-/m0/s1. The molecule has 0 bridgehead atoms. The van der Waals surface area contributed by atoms with Gasteiger partial charge in [0.1, 0.15) is 6.10 Å². The van der Waals surface area contributed by atoms with Crippen molar-refractivity contribution >= 4 is 0 Å². The van der Waals surface area contributed by atoms with E-state index in [2.05, 4.69) is 19.2 Å². The van der Waals surface area contributed by atoms with Crippen molar-refractivity contribution in [2.45, 2.75) is 95.7 Å². The molecule has 2 unspecified atom stereocenters. The number of aliphatic hydroxyl groups excluding tert-OH is 1. The zero-order valence-electron chi connectivity index (χ0n) is 16.1. The zero-order chi connectivity index (χ0) is 18.3. The number of rotatable bonds is 2. The van der Waals surface area contributed by atoms with E-state index < -0.39 is 17.4 Å². The van der Waals surface area contributed by atoms with Gasteiger partial charge in [0.25, 0.3) is 5.92 Å². The van der Waals surface area contributed by atoms with E-state index in [1.165, 1.54) is 32.1 Å². The highest BCUT2D eigenvalue weighted by atomic mass is 19.3. The summed E-state index contributed by atoms with van der Waals surface area (Å²) in [4.78, 5) is 0. The van der Waals surface area contributed by atoms with Crippen LogP contribution in [0.25, 0.3) is 0 Å². The van der Waals surface area contributed by atoms with Gasteiger partial charge in [-0.2, -0.15) is 8.78 Å². The van der Waals surface area contributed by atoms with Gasteiger partial charge in [0.2, 0.25) is 0 Å². The molecule has 0 aromatic rings. The van der Waals surface area contributed by atoms with E-state index in [1.807, 2.05) is 6.08 Å². The van der Waals surface area contributed by atoms with Gasteiger partial charge in [0.15, 0.2) is 0 Å². The highest BCUT2D eigenvalue weighted by Gasteiger charge is 2.63. The van der Waals surface area contributed by atoms with E-state index in [-0.39, 0.29) is 12.0 Å². The Kier molecular flexibility index (Phi) is 3.75. The molecule has 146 valence electrons. The summed E-state index contributed by atoms with van der Waals surface area (Å²) in [5, 5.41) is 13.8.